The fourth-order valence-corrected chi connectivity index (χ4v) is 0.871. The number of carbonyl (C=O) groups is 2. The van der Waals surface area contributed by atoms with E-state index in [-0.39, 0.29) is 11.8 Å². The number of nitrogens with one attached hydrogen (secondary N) is 2. The third kappa shape index (κ3) is 6.42. The van der Waals surface area contributed by atoms with Crippen LogP contribution in [0.3, 0.4) is 0 Å². The zero-order valence-electron chi connectivity index (χ0n) is 9.09. The maximum absolute atomic E-state index is 11.1. The minimum Gasteiger partial charge on any atom is -0.359 e. The topological polar surface area (TPSA) is 61.4 Å². The lowest BCUT2D eigenvalue weighted by molar-refractivity contribution is -0.128. The van der Waals surface area contributed by atoms with Crippen molar-refractivity contribution in [3.63, 3.8) is 0 Å². The van der Waals surface area contributed by atoms with Gasteiger partial charge < -0.3 is 15.5 Å². The molecule has 5 nitrogen and oxygen atoms in total. The van der Waals surface area contributed by atoms with Gasteiger partial charge in [0.05, 0.1) is 0 Å². The van der Waals surface area contributed by atoms with Gasteiger partial charge in [0, 0.05) is 47.1 Å². The largest absolute Gasteiger partial charge is 0.359 e. The van der Waals surface area contributed by atoms with Crippen LogP contribution in [0.25, 0.3) is 0 Å². The van der Waals surface area contributed by atoms with Crippen LogP contribution in [-0.2, 0) is 9.59 Å². The summed E-state index contributed by atoms with van der Waals surface area (Å²) in [4.78, 5) is 23.4. The zero-order chi connectivity index (χ0) is 11.0. The first kappa shape index (κ1) is 12.9. The van der Waals surface area contributed by atoms with E-state index in [0.29, 0.717) is 25.9 Å². The lowest BCUT2D eigenvalue weighted by Crippen LogP contribution is -2.29. The summed E-state index contributed by atoms with van der Waals surface area (Å²) in [6, 6.07) is 0. The number of amides is 2. The summed E-state index contributed by atoms with van der Waals surface area (Å²) >= 11 is 0. The zero-order valence-corrected chi connectivity index (χ0v) is 9.09. The second kappa shape index (κ2) is 7.32. The standard InChI is InChI=1S/C9H19N3O2/c1-10-8(13)4-6-11-7-5-9(14)12(2)3/h11H,4-7H2,1-3H3,(H,10,13). The summed E-state index contributed by atoms with van der Waals surface area (Å²) in [5.74, 6) is 0.105. The van der Waals surface area contributed by atoms with Gasteiger partial charge in [0.1, 0.15) is 0 Å². The minimum absolute atomic E-state index is 0.0106. The lowest BCUT2D eigenvalue weighted by Gasteiger charge is -2.10. The van der Waals surface area contributed by atoms with E-state index in [0.717, 1.165) is 0 Å². The Balaban J connectivity index is 3.30. The SMILES string of the molecule is CNC(=O)CCNCCC(=O)N(C)C. The normalized spacial score (nSPS) is 9.64. The summed E-state index contributed by atoms with van der Waals surface area (Å²) in [7, 11) is 5.07. The van der Waals surface area contributed by atoms with Crippen molar-refractivity contribution in [3.8, 4) is 0 Å². The summed E-state index contributed by atoms with van der Waals surface area (Å²) in [5.41, 5.74) is 0. The van der Waals surface area contributed by atoms with Crippen LogP contribution in [0.15, 0.2) is 0 Å². The van der Waals surface area contributed by atoms with Crippen molar-refractivity contribution in [2.24, 2.45) is 0 Å². The summed E-state index contributed by atoms with van der Waals surface area (Å²) in [6.45, 7) is 1.23. The number of carbonyl (C=O) groups excluding carboxylic acids is 2. The predicted octanol–water partition coefficient (Wildman–Crippen LogP) is -0.810. The smallest absolute Gasteiger partial charge is 0.223 e. The molecule has 0 aromatic heterocycles. The molecule has 2 N–H and O–H groups in total. The van der Waals surface area contributed by atoms with Crippen LogP contribution in [0.1, 0.15) is 12.8 Å². The predicted molar refractivity (Wildman–Crippen MR) is 54.9 cm³/mol. The Morgan fingerprint density at radius 1 is 1.14 bits per heavy atom. The Kier molecular flexibility index (Phi) is 6.74. The van der Waals surface area contributed by atoms with Crippen LogP contribution in [0.4, 0.5) is 0 Å². The van der Waals surface area contributed by atoms with Crippen molar-refractivity contribution < 1.29 is 9.59 Å². The van der Waals surface area contributed by atoms with Crippen molar-refractivity contribution in [2.45, 2.75) is 12.8 Å². The number of rotatable bonds is 6. The molecule has 0 saturated carbocycles. The average Bonchev–Trinajstić information content (AvgIpc) is 2.16. The van der Waals surface area contributed by atoms with E-state index in [4.69, 9.17) is 0 Å². The molecule has 0 bridgehead atoms. The van der Waals surface area contributed by atoms with Gasteiger partial charge >= 0.3 is 0 Å². The fourth-order valence-electron chi connectivity index (χ4n) is 0.871. The molecule has 0 radical (unpaired) electrons. The maximum atomic E-state index is 11.1. The van der Waals surface area contributed by atoms with E-state index < -0.39 is 0 Å². The Bertz CT molecular complexity index is 192. The van der Waals surface area contributed by atoms with Crippen LogP contribution in [0.5, 0.6) is 0 Å². The van der Waals surface area contributed by atoms with E-state index in [1.165, 1.54) is 0 Å². The molecule has 82 valence electrons. The Hall–Kier alpha value is -1.10. The molecular weight excluding hydrogens is 182 g/mol. The molecule has 0 saturated heterocycles. The van der Waals surface area contributed by atoms with Gasteiger partial charge in [0.25, 0.3) is 0 Å². The Morgan fingerprint density at radius 3 is 2.21 bits per heavy atom. The monoisotopic (exact) mass is 201 g/mol. The Labute approximate surface area is 84.8 Å². The van der Waals surface area contributed by atoms with Gasteiger partial charge in [-0.1, -0.05) is 0 Å². The molecular formula is C9H19N3O2. The van der Waals surface area contributed by atoms with Crippen molar-refractivity contribution in [1.29, 1.82) is 0 Å². The van der Waals surface area contributed by atoms with E-state index in [1.807, 2.05) is 0 Å². The van der Waals surface area contributed by atoms with E-state index in [2.05, 4.69) is 10.6 Å². The molecule has 5 heteroatoms. The van der Waals surface area contributed by atoms with Crippen LogP contribution in [0, 0.1) is 0 Å². The van der Waals surface area contributed by atoms with Gasteiger partial charge in [-0.15, -0.1) is 0 Å². The fraction of sp³-hybridized carbons (Fsp3) is 0.778. The number of hydrogen-bond acceptors (Lipinski definition) is 3. The quantitative estimate of drug-likeness (QED) is 0.553. The van der Waals surface area contributed by atoms with Crippen molar-refractivity contribution in [2.75, 3.05) is 34.2 Å². The summed E-state index contributed by atoms with van der Waals surface area (Å²) in [5, 5.41) is 5.56. The summed E-state index contributed by atoms with van der Waals surface area (Å²) < 4.78 is 0. The molecule has 0 atom stereocenters. The third-order valence-electron chi connectivity index (χ3n) is 1.82. The van der Waals surface area contributed by atoms with E-state index in [9.17, 15) is 9.59 Å². The molecule has 0 unspecified atom stereocenters. The highest BCUT2D eigenvalue weighted by Gasteiger charge is 2.02. The number of nitrogens with zero attached hydrogens (tertiary/aromatic N) is 1. The van der Waals surface area contributed by atoms with Crippen molar-refractivity contribution in [3.05, 3.63) is 0 Å². The molecule has 0 aliphatic carbocycles. The molecule has 0 aliphatic rings. The average molecular weight is 201 g/mol. The number of hydrogen-bond donors (Lipinski definition) is 2. The van der Waals surface area contributed by atoms with Crippen molar-refractivity contribution >= 4 is 11.8 Å². The van der Waals surface area contributed by atoms with Gasteiger partial charge in [-0.3, -0.25) is 9.59 Å². The van der Waals surface area contributed by atoms with Gasteiger partial charge in [-0.2, -0.15) is 0 Å². The lowest BCUT2D eigenvalue weighted by atomic mass is 10.3. The molecule has 0 aromatic carbocycles. The second-order valence-electron chi connectivity index (χ2n) is 3.21. The van der Waals surface area contributed by atoms with Crippen molar-refractivity contribution in [1.82, 2.24) is 15.5 Å². The molecule has 0 fully saturated rings. The first-order chi connectivity index (χ1) is 6.57. The van der Waals surface area contributed by atoms with E-state index >= 15 is 0 Å². The first-order valence-electron chi connectivity index (χ1n) is 4.69. The highest BCUT2D eigenvalue weighted by atomic mass is 16.2. The molecule has 0 aliphatic heterocycles. The maximum Gasteiger partial charge on any atom is 0.223 e. The van der Waals surface area contributed by atoms with Gasteiger partial charge in [-0.05, 0) is 0 Å². The molecule has 2 amide bonds. The van der Waals surface area contributed by atoms with Gasteiger partial charge in [0.2, 0.25) is 11.8 Å². The van der Waals surface area contributed by atoms with E-state index in [1.54, 1.807) is 26.0 Å². The van der Waals surface area contributed by atoms with Gasteiger partial charge in [-0.25, -0.2) is 0 Å². The van der Waals surface area contributed by atoms with Gasteiger partial charge in [0.15, 0.2) is 0 Å². The minimum atomic E-state index is 0.0106. The molecule has 0 rings (SSSR count). The molecule has 14 heavy (non-hydrogen) atoms. The molecule has 0 aromatic rings. The van der Waals surface area contributed by atoms with Crippen LogP contribution < -0.4 is 10.6 Å². The Morgan fingerprint density at radius 2 is 1.71 bits per heavy atom. The molecule has 0 heterocycles. The second-order valence-corrected chi connectivity index (χ2v) is 3.21. The van der Waals surface area contributed by atoms with Crippen LogP contribution in [0.2, 0.25) is 0 Å². The van der Waals surface area contributed by atoms with Crippen LogP contribution in [-0.4, -0.2) is 50.9 Å². The first-order valence-corrected chi connectivity index (χ1v) is 4.69. The highest BCUT2D eigenvalue weighted by Crippen LogP contribution is 1.85. The highest BCUT2D eigenvalue weighted by molar-refractivity contribution is 5.76. The molecule has 0 spiro atoms. The summed E-state index contributed by atoms with van der Waals surface area (Å²) in [6.07, 6.45) is 0.924. The third-order valence-corrected chi connectivity index (χ3v) is 1.82. The van der Waals surface area contributed by atoms with Crippen LogP contribution >= 0.6 is 0 Å².